The number of para-hydroxylation sites is 4. The Hall–Kier alpha value is -6.91. The van der Waals surface area contributed by atoms with Crippen molar-refractivity contribution in [1.82, 2.24) is 9.13 Å². The van der Waals surface area contributed by atoms with Crippen LogP contribution in [-0.4, -0.2) is 22.6 Å². The smallest absolute Gasteiger partial charge is 0.251 e. The molecule has 0 unspecified atom stereocenters. The van der Waals surface area contributed by atoms with E-state index < -0.39 is 0 Å². The number of hydrogen-bond acceptors (Lipinski definition) is 2. The van der Waals surface area contributed by atoms with Crippen molar-refractivity contribution in [3.05, 3.63) is 158 Å². The topological polar surface area (TPSA) is 16.3 Å². The van der Waals surface area contributed by atoms with E-state index in [0.717, 1.165) is 0 Å². The first-order valence-corrected chi connectivity index (χ1v) is 19.0. The zero-order valence-corrected chi connectivity index (χ0v) is 29.0. The molecule has 5 aliphatic rings. The second-order valence-corrected chi connectivity index (χ2v) is 15.6. The normalized spacial score (nSPS) is 14.5. The highest BCUT2D eigenvalue weighted by atomic mass is 15.2. The lowest BCUT2D eigenvalue weighted by molar-refractivity contribution is 1.16. The number of aromatic nitrogens is 2. The monoisotopic (exact) mass is 680 g/mol. The van der Waals surface area contributed by atoms with Crippen molar-refractivity contribution in [1.29, 1.82) is 0 Å². The zero-order chi connectivity index (χ0) is 34.6. The fourth-order valence-electron chi connectivity index (χ4n) is 11.7. The van der Waals surface area contributed by atoms with E-state index in [-0.39, 0.29) is 13.4 Å². The Morgan fingerprint density at radius 3 is 1.22 bits per heavy atom. The molecule has 0 spiro atoms. The second-order valence-electron chi connectivity index (χ2n) is 15.6. The van der Waals surface area contributed by atoms with E-state index in [1.807, 2.05) is 0 Å². The highest BCUT2D eigenvalue weighted by Crippen LogP contribution is 2.48. The van der Waals surface area contributed by atoms with Gasteiger partial charge in [0.1, 0.15) is 0 Å². The summed E-state index contributed by atoms with van der Waals surface area (Å²) in [5.74, 6) is 0. The SMILES string of the molecule is c1ccc(N2c3cccc4c3B3c5c2ccc2c5B5c6c(ccc(c63)N4c3ccccc3)-n3c4ccccc4c4cc6c7ccccc7n-2c6c5c43)cc1. The van der Waals surface area contributed by atoms with E-state index in [1.165, 1.54) is 122 Å². The summed E-state index contributed by atoms with van der Waals surface area (Å²) in [6, 6.07) is 59.4. The Kier molecular flexibility index (Phi) is 4.38. The molecule has 7 heterocycles. The van der Waals surface area contributed by atoms with E-state index in [2.05, 4.69) is 177 Å². The molecule has 10 aromatic rings. The van der Waals surface area contributed by atoms with Gasteiger partial charge in [0, 0.05) is 67.0 Å². The van der Waals surface area contributed by atoms with Gasteiger partial charge in [0.15, 0.2) is 0 Å². The molecule has 2 aromatic heterocycles. The lowest BCUT2D eigenvalue weighted by Crippen LogP contribution is -2.80. The van der Waals surface area contributed by atoms with Gasteiger partial charge in [-0.05, 0) is 112 Å². The van der Waals surface area contributed by atoms with Crippen LogP contribution < -0.4 is 42.6 Å². The standard InChI is InChI=1S/C48H26B2N4/c1-3-12-27(13-4-1)51-35-20-11-21-36-41(35)49-42-37(51)22-24-39-44(42)50-45-40(25-23-38(43(45)49)52(36)28-14-5-2-6-15-28)54-34-19-10-8-17-30(34)32-26-31-29-16-7-9-18-33(29)53(39)47(31)46(50)48(32)54/h1-26H. The zero-order valence-electron chi connectivity index (χ0n) is 29.0. The Balaban J connectivity index is 1.22. The van der Waals surface area contributed by atoms with Crippen LogP contribution in [0.2, 0.25) is 0 Å². The molecule has 4 nitrogen and oxygen atoms in total. The van der Waals surface area contributed by atoms with E-state index in [1.54, 1.807) is 0 Å². The number of nitrogens with zero attached hydrogens (tertiary/aromatic N) is 4. The van der Waals surface area contributed by atoms with Gasteiger partial charge >= 0.3 is 0 Å². The van der Waals surface area contributed by atoms with Crippen LogP contribution >= 0.6 is 0 Å². The van der Waals surface area contributed by atoms with E-state index >= 15 is 0 Å². The fourth-order valence-corrected chi connectivity index (χ4v) is 11.7. The van der Waals surface area contributed by atoms with Crippen molar-refractivity contribution in [3.8, 4) is 11.4 Å². The first-order chi connectivity index (χ1) is 26.9. The molecule has 0 radical (unpaired) electrons. The van der Waals surface area contributed by atoms with Gasteiger partial charge in [-0.2, -0.15) is 0 Å². The maximum absolute atomic E-state index is 2.63. The van der Waals surface area contributed by atoms with Gasteiger partial charge in [-0.15, -0.1) is 0 Å². The van der Waals surface area contributed by atoms with Gasteiger partial charge in [-0.1, -0.05) is 78.9 Å². The number of hydrogen-bond donors (Lipinski definition) is 0. The predicted octanol–water partition coefficient (Wildman–Crippen LogP) is 7.42. The Morgan fingerprint density at radius 2 is 0.704 bits per heavy atom. The first-order valence-electron chi connectivity index (χ1n) is 19.0. The van der Waals surface area contributed by atoms with Crippen LogP contribution in [0.1, 0.15) is 0 Å². The van der Waals surface area contributed by atoms with Crippen LogP contribution in [0.25, 0.3) is 55.0 Å². The van der Waals surface area contributed by atoms with E-state index in [9.17, 15) is 0 Å². The Bertz CT molecular complexity index is 3200. The third-order valence-corrected chi connectivity index (χ3v) is 13.4. The molecule has 54 heavy (non-hydrogen) atoms. The van der Waals surface area contributed by atoms with Crippen molar-refractivity contribution in [2.45, 2.75) is 0 Å². The van der Waals surface area contributed by atoms with Gasteiger partial charge < -0.3 is 18.9 Å². The summed E-state index contributed by atoms with van der Waals surface area (Å²) in [4.78, 5) is 5.10. The molecule has 0 N–H and O–H groups in total. The molecule has 8 aromatic carbocycles. The third kappa shape index (κ3) is 2.73. The Labute approximate surface area is 310 Å². The summed E-state index contributed by atoms with van der Waals surface area (Å²) in [5, 5.41) is 5.33. The molecule has 6 heteroatoms. The summed E-state index contributed by atoms with van der Waals surface area (Å²) < 4.78 is 5.25. The van der Waals surface area contributed by atoms with Crippen LogP contribution in [0.3, 0.4) is 0 Å². The molecular weight excluding hydrogens is 654 g/mol. The predicted molar refractivity (Wildman–Crippen MR) is 227 cm³/mol. The molecular formula is C48H26B2N4. The van der Waals surface area contributed by atoms with Gasteiger partial charge in [0.2, 0.25) is 0 Å². The molecule has 0 aliphatic carbocycles. The molecule has 5 aliphatic heterocycles. The number of benzene rings is 8. The minimum Gasteiger partial charge on any atom is -0.311 e. The highest BCUT2D eigenvalue weighted by Gasteiger charge is 2.55. The van der Waals surface area contributed by atoms with E-state index in [0.29, 0.717) is 0 Å². The molecule has 0 saturated carbocycles. The number of rotatable bonds is 2. The average Bonchev–Trinajstić information content (AvgIpc) is 3.75. The summed E-state index contributed by atoms with van der Waals surface area (Å²) in [7, 11) is 0. The van der Waals surface area contributed by atoms with Crippen molar-refractivity contribution >= 4 is 124 Å². The number of fused-ring (bicyclic) bond motifs is 8. The largest absolute Gasteiger partial charge is 0.311 e. The van der Waals surface area contributed by atoms with Gasteiger partial charge in [-0.3, -0.25) is 0 Å². The second kappa shape index (κ2) is 8.82. The third-order valence-electron chi connectivity index (χ3n) is 13.4. The van der Waals surface area contributed by atoms with Crippen molar-refractivity contribution < 1.29 is 0 Å². The first kappa shape index (κ1) is 26.8. The quantitative estimate of drug-likeness (QED) is 0.177. The molecule has 0 amide bonds. The van der Waals surface area contributed by atoms with Crippen LogP contribution in [0.4, 0.5) is 34.1 Å². The lowest BCUT2D eigenvalue weighted by atomic mass is 9.18. The molecule has 15 rings (SSSR count). The highest BCUT2D eigenvalue weighted by molar-refractivity contribution is 7.15. The summed E-state index contributed by atoms with van der Waals surface area (Å²) in [6.07, 6.45) is 0. The minimum absolute atomic E-state index is 0.0868. The molecule has 0 saturated heterocycles. The minimum atomic E-state index is 0.0868. The summed E-state index contributed by atoms with van der Waals surface area (Å²) >= 11 is 0. The molecule has 244 valence electrons. The van der Waals surface area contributed by atoms with E-state index in [4.69, 9.17) is 0 Å². The summed E-state index contributed by atoms with van der Waals surface area (Å²) in [6.45, 7) is 0.182. The van der Waals surface area contributed by atoms with Crippen LogP contribution in [0.15, 0.2) is 158 Å². The van der Waals surface area contributed by atoms with Gasteiger partial charge in [0.25, 0.3) is 13.4 Å². The Morgan fingerprint density at radius 1 is 0.296 bits per heavy atom. The summed E-state index contributed by atoms with van der Waals surface area (Å²) in [5.41, 5.74) is 24.1. The molecule has 0 fully saturated rings. The number of anilines is 6. The molecule has 0 atom stereocenters. The maximum atomic E-state index is 2.63. The van der Waals surface area contributed by atoms with Crippen molar-refractivity contribution in [2.24, 2.45) is 0 Å². The lowest BCUT2D eigenvalue weighted by Gasteiger charge is -2.50. The average molecular weight is 680 g/mol. The van der Waals surface area contributed by atoms with Crippen molar-refractivity contribution in [2.75, 3.05) is 9.80 Å². The van der Waals surface area contributed by atoms with Crippen molar-refractivity contribution in [3.63, 3.8) is 0 Å². The van der Waals surface area contributed by atoms with Gasteiger partial charge in [0.05, 0.1) is 22.1 Å². The maximum Gasteiger partial charge on any atom is 0.251 e. The van der Waals surface area contributed by atoms with Crippen LogP contribution in [0.5, 0.6) is 0 Å². The molecule has 0 bridgehead atoms. The van der Waals surface area contributed by atoms with Crippen LogP contribution in [0, 0.1) is 0 Å². The fraction of sp³-hybridized carbons (Fsp3) is 0. The van der Waals surface area contributed by atoms with Crippen LogP contribution in [-0.2, 0) is 0 Å². The van der Waals surface area contributed by atoms with Gasteiger partial charge in [-0.25, -0.2) is 0 Å².